The summed E-state index contributed by atoms with van der Waals surface area (Å²) >= 11 is 0. The molecule has 0 amide bonds. The summed E-state index contributed by atoms with van der Waals surface area (Å²) in [6.45, 7) is 2.04. The summed E-state index contributed by atoms with van der Waals surface area (Å²) in [5, 5.41) is 0. The van der Waals surface area contributed by atoms with Crippen molar-refractivity contribution in [3.05, 3.63) is 95.6 Å². The van der Waals surface area contributed by atoms with Gasteiger partial charge in [-0.15, -0.1) is 0 Å². The molecule has 0 saturated carbocycles. The van der Waals surface area contributed by atoms with Crippen LogP contribution in [0.5, 0.6) is 0 Å². The highest BCUT2D eigenvalue weighted by Crippen LogP contribution is 2.19. The van der Waals surface area contributed by atoms with E-state index in [4.69, 9.17) is 0 Å². The zero-order valence-corrected chi connectivity index (χ0v) is 15.0. The Hall–Kier alpha value is -2.59. The van der Waals surface area contributed by atoms with E-state index in [1.54, 1.807) is 18.2 Å². The zero-order valence-electron chi connectivity index (χ0n) is 14.1. The van der Waals surface area contributed by atoms with Crippen LogP contribution in [0.25, 0.3) is 0 Å². The van der Waals surface area contributed by atoms with E-state index in [1.807, 2.05) is 55.5 Å². The molecule has 0 heterocycles. The lowest BCUT2D eigenvalue weighted by Gasteiger charge is -2.10. The van der Waals surface area contributed by atoms with Gasteiger partial charge in [-0.25, -0.2) is 8.42 Å². The standard InChI is InChI=1S/C21H21NO2S/c1-2-17-11-13-21(14-12-17)25(23,24)22-20-10-6-9-19(16-20)15-18-7-4-3-5-8-18/h3-14,16,22H,2,15H2,1H3. The Morgan fingerprint density at radius 2 is 1.44 bits per heavy atom. The number of sulfonamides is 1. The Morgan fingerprint density at radius 1 is 0.760 bits per heavy atom. The van der Waals surface area contributed by atoms with Gasteiger partial charge in [0.1, 0.15) is 0 Å². The van der Waals surface area contributed by atoms with Gasteiger partial charge in [-0.05, 0) is 53.8 Å². The molecule has 4 heteroatoms. The molecule has 0 radical (unpaired) electrons. The lowest BCUT2D eigenvalue weighted by atomic mass is 10.0. The summed E-state index contributed by atoms with van der Waals surface area (Å²) in [6.07, 6.45) is 1.65. The molecule has 128 valence electrons. The van der Waals surface area contributed by atoms with E-state index < -0.39 is 10.0 Å². The maximum Gasteiger partial charge on any atom is 0.261 e. The molecule has 0 fully saturated rings. The van der Waals surface area contributed by atoms with Gasteiger partial charge >= 0.3 is 0 Å². The van der Waals surface area contributed by atoms with Gasteiger partial charge in [-0.2, -0.15) is 0 Å². The molecule has 0 aliphatic carbocycles. The Bertz CT molecular complexity index is 933. The number of rotatable bonds is 6. The number of anilines is 1. The SMILES string of the molecule is CCc1ccc(S(=O)(=O)Nc2cccc(Cc3ccccc3)c2)cc1. The number of nitrogens with one attached hydrogen (secondary N) is 1. The van der Waals surface area contributed by atoms with Crippen LogP contribution in [0.2, 0.25) is 0 Å². The average molecular weight is 351 g/mol. The predicted molar refractivity (Wildman–Crippen MR) is 102 cm³/mol. The second-order valence-corrected chi connectivity index (χ2v) is 7.65. The minimum absolute atomic E-state index is 0.276. The van der Waals surface area contributed by atoms with Crippen LogP contribution in [0.15, 0.2) is 83.8 Å². The summed E-state index contributed by atoms with van der Waals surface area (Å²) in [7, 11) is -3.58. The molecular formula is C21H21NO2S. The van der Waals surface area contributed by atoms with Crippen molar-refractivity contribution in [2.45, 2.75) is 24.7 Å². The van der Waals surface area contributed by atoms with Crippen molar-refractivity contribution in [2.24, 2.45) is 0 Å². The number of aryl methyl sites for hydroxylation is 1. The lowest BCUT2D eigenvalue weighted by Crippen LogP contribution is -2.13. The van der Waals surface area contributed by atoms with Crippen molar-refractivity contribution < 1.29 is 8.42 Å². The highest BCUT2D eigenvalue weighted by Gasteiger charge is 2.14. The first-order chi connectivity index (χ1) is 12.1. The zero-order chi connectivity index (χ0) is 17.7. The highest BCUT2D eigenvalue weighted by molar-refractivity contribution is 7.92. The van der Waals surface area contributed by atoms with Gasteiger partial charge in [0, 0.05) is 5.69 Å². The molecule has 1 N–H and O–H groups in total. The van der Waals surface area contributed by atoms with E-state index in [1.165, 1.54) is 5.56 Å². The van der Waals surface area contributed by atoms with E-state index in [9.17, 15) is 8.42 Å². The monoisotopic (exact) mass is 351 g/mol. The van der Waals surface area contributed by atoms with Crippen molar-refractivity contribution in [3.63, 3.8) is 0 Å². The van der Waals surface area contributed by atoms with Crippen molar-refractivity contribution in [2.75, 3.05) is 4.72 Å². The molecule has 0 spiro atoms. The van der Waals surface area contributed by atoms with Crippen LogP contribution < -0.4 is 4.72 Å². The summed E-state index contributed by atoms with van der Waals surface area (Å²) in [5.41, 5.74) is 3.95. The van der Waals surface area contributed by atoms with Crippen molar-refractivity contribution in [3.8, 4) is 0 Å². The van der Waals surface area contributed by atoms with Crippen molar-refractivity contribution in [1.29, 1.82) is 0 Å². The first-order valence-electron chi connectivity index (χ1n) is 8.31. The first-order valence-corrected chi connectivity index (χ1v) is 9.80. The van der Waals surface area contributed by atoms with Gasteiger partial charge in [0.05, 0.1) is 4.90 Å². The van der Waals surface area contributed by atoms with E-state index in [-0.39, 0.29) is 4.90 Å². The topological polar surface area (TPSA) is 46.2 Å². The summed E-state index contributed by atoms with van der Waals surface area (Å²) < 4.78 is 27.8. The largest absolute Gasteiger partial charge is 0.280 e. The van der Waals surface area contributed by atoms with Crippen LogP contribution in [-0.4, -0.2) is 8.42 Å². The molecule has 3 aromatic rings. The Balaban J connectivity index is 1.78. The molecule has 0 aromatic heterocycles. The van der Waals surface area contributed by atoms with Crippen molar-refractivity contribution in [1.82, 2.24) is 0 Å². The van der Waals surface area contributed by atoms with E-state index >= 15 is 0 Å². The summed E-state index contributed by atoms with van der Waals surface area (Å²) in [6, 6.07) is 24.6. The van der Waals surface area contributed by atoms with Gasteiger partial charge in [-0.3, -0.25) is 4.72 Å². The second kappa shape index (κ2) is 7.53. The fourth-order valence-electron chi connectivity index (χ4n) is 2.69. The summed E-state index contributed by atoms with van der Waals surface area (Å²) in [5.74, 6) is 0. The van der Waals surface area contributed by atoms with Gasteiger partial charge in [0.25, 0.3) is 10.0 Å². The maximum atomic E-state index is 12.6. The molecule has 0 bridgehead atoms. The lowest BCUT2D eigenvalue weighted by molar-refractivity contribution is 0.601. The third kappa shape index (κ3) is 4.48. The Kier molecular flexibility index (Phi) is 5.19. The van der Waals surface area contributed by atoms with Gasteiger partial charge in [0.2, 0.25) is 0 Å². The number of hydrogen-bond donors (Lipinski definition) is 1. The van der Waals surface area contributed by atoms with Gasteiger partial charge in [0.15, 0.2) is 0 Å². The van der Waals surface area contributed by atoms with E-state index in [0.29, 0.717) is 5.69 Å². The number of hydrogen-bond acceptors (Lipinski definition) is 2. The first kappa shape index (κ1) is 17.2. The Labute approximate surface area is 149 Å². The van der Waals surface area contributed by atoms with Gasteiger partial charge < -0.3 is 0 Å². The third-order valence-electron chi connectivity index (χ3n) is 4.07. The molecule has 0 aliphatic heterocycles. The second-order valence-electron chi connectivity index (χ2n) is 5.97. The summed E-state index contributed by atoms with van der Waals surface area (Å²) in [4.78, 5) is 0.276. The molecule has 3 rings (SSSR count). The van der Waals surface area contributed by atoms with Crippen LogP contribution in [0.4, 0.5) is 5.69 Å². The average Bonchev–Trinajstić information content (AvgIpc) is 2.62. The maximum absolute atomic E-state index is 12.6. The highest BCUT2D eigenvalue weighted by atomic mass is 32.2. The minimum Gasteiger partial charge on any atom is -0.280 e. The van der Waals surface area contributed by atoms with E-state index in [0.717, 1.165) is 24.0 Å². The molecule has 3 aromatic carbocycles. The van der Waals surface area contributed by atoms with Crippen LogP contribution in [0.3, 0.4) is 0 Å². The van der Waals surface area contributed by atoms with E-state index in [2.05, 4.69) is 16.9 Å². The predicted octanol–water partition coefficient (Wildman–Crippen LogP) is 4.64. The van der Waals surface area contributed by atoms with Crippen LogP contribution in [0.1, 0.15) is 23.6 Å². The Morgan fingerprint density at radius 3 is 2.12 bits per heavy atom. The fourth-order valence-corrected chi connectivity index (χ4v) is 3.74. The molecule has 0 saturated heterocycles. The normalized spacial score (nSPS) is 11.2. The smallest absolute Gasteiger partial charge is 0.261 e. The van der Waals surface area contributed by atoms with Crippen LogP contribution >= 0.6 is 0 Å². The number of benzene rings is 3. The van der Waals surface area contributed by atoms with Gasteiger partial charge in [-0.1, -0.05) is 61.5 Å². The minimum atomic E-state index is -3.58. The molecule has 0 aliphatic rings. The molecule has 0 atom stereocenters. The fraction of sp³-hybridized carbons (Fsp3) is 0.143. The molecule has 25 heavy (non-hydrogen) atoms. The molecule has 0 unspecified atom stereocenters. The van der Waals surface area contributed by atoms with Crippen LogP contribution in [-0.2, 0) is 22.9 Å². The van der Waals surface area contributed by atoms with Crippen LogP contribution in [0, 0.1) is 0 Å². The quantitative estimate of drug-likeness (QED) is 0.703. The third-order valence-corrected chi connectivity index (χ3v) is 5.47. The molecular weight excluding hydrogens is 330 g/mol. The molecule has 3 nitrogen and oxygen atoms in total. The van der Waals surface area contributed by atoms with Crippen molar-refractivity contribution >= 4 is 15.7 Å².